The zero-order valence-electron chi connectivity index (χ0n) is 16.8. The molecule has 1 atom stereocenters. The Morgan fingerprint density at radius 3 is 2.27 bits per heavy atom. The number of ether oxygens (including phenoxy) is 2. The number of carbonyl (C=O) groups is 2. The maximum absolute atomic E-state index is 13.4. The van der Waals surface area contributed by atoms with Crippen molar-refractivity contribution in [3.8, 4) is 17.2 Å². The van der Waals surface area contributed by atoms with Crippen molar-refractivity contribution in [1.82, 2.24) is 0 Å². The highest BCUT2D eigenvalue weighted by Crippen LogP contribution is 2.47. The first-order chi connectivity index (χ1) is 14.4. The lowest BCUT2D eigenvalue weighted by molar-refractivity contribution is -0.119. The highest BCUT2D eigenvalue weighted by molar-refractivity contribution is 6.07. The molecule has 0 fully saturated rings. The van der Waals surface area contributed by atoms with Crippen LogP contribution >= 0.6 is 0 Å². The van der Waals surface area contributed by atoms with Gasteiger partial charge in [-0.05, 0) is 54.8 Å². The Morgan fingerprint density at radius 2 is 1.67 bits per heavy atom. The predicted octanol–water partition coefficient (Wildman–Crippen LogP) is 4.08. The van der Waals surface area contributed by atoms with E-state index in [0.717, 1.165) is 0 Å². The van der Waals surface area contributed by atoms with E-state index in [-0.39, 0.29) is 35.4 Å². The molecule has 2 aromatic carbocycles. The molecule has 1 heterocycles. The molecule has 156 valence electrons. The number of ketones is 1. The summed E-state index contributed by atoms with van der Waals surface area (Å²) in [5.74, 6) is -0.758. The van der Waals surface area contributed by atoms with Gasteiger partial charge in [-0.25, -0.2) is 4.39 Å². The number of nitrogens with zero attached hydrogens (tertiary/aromatic N) is 1. The number of anilines is 1. The minimum atomic E-state index is -0.472. The van der Waals surface area contributed by atoms with Crippen molar-refractivity contribution in [3.63, 3.8) is 0 Å². The van der Waals surface area contributed by atoms with E-state index in [4.69, 9.17) is 9.47 Å². The molecule has 0 saturated heterocycles. The number of amides is 1. The second-order valence-electron chi connectivity index (χ2n) is 7.37. The number of phenols is 1. The van der Waals surface area contributed by atoms with Crippen LogP contribution in [0.1, 0.15) is 37.2 Å². The van der Waals surface area contributed by atoms with Crippen molar-refractivity contribution in [1.29, 1.82) is 0 Å². The number of carbonyl (C=O) groups excluding carboxylic acids is 2. The normalized spacial score (nSPS) is 19.0. The van der Waals surface area contributed by atoms with E-state index < -0.39 is 11.7 Å². The minimum Gasteiger partial charge on any atom is -0.502 e. The van der Waals surface area contributed by atoms with Crippen molar-refractivity contribution in [2.45, 2.75) is 31.6 Å². The van der Waals surface area contributed by atoms with Crippen LogP contribution < -0.4 is 14.4 Å². The maximum Gasteiger partial charge on any atom is 0.232 e. The standard InChI is InChI=1S/C23H22FNO5/c1-29-19-10-13(11-20(30-2)23(19)28)16-12-21(27)25(15-8-6-14(24)7-9-15)17-4-3-5-18(26)22(16)17/h6-11,16,28H,3-5,12H2,1-2H3. The Bertz CT molecular complexity index is 1020. The lowest BCUT2D eigenvalue weighted by Crippen LogP contribution is -2.40. The van der Waals surface area contributed by atoms with Crippen molar-refractivity contribution in [2.24, 2.45) is 0 Å². The number of benzene rings is 2. The van der Waals surface area contributed by atoms with E-state index in [1.165, 1.54) is 31.3 Å². The predicted molar refractivity (Wildman–Crippen MR) is 108 cm³/mol. The molecule has 1 unspecified atom stereocenters. The lowest BCUT2D eigenvalue weighted by Gasteiger charge is -2.38. The summed E-state index contributed by atoms with van der Waals surface area (Å²) in [6.45, 7) is 0. The zero-order chi connectivity index (χ0) is 21.4. The fourth-order valence-electron chi connectivity index (χ4n) is 4.28. The topological polar surface area (TPSA) is 76.1 Å². The average molecular weight is 411 g/mol. The summed E-state index contributed by atoms with van der Waals surface area (Å²) in [6.07, 6.45) is 1.71. The van der Waals surface area contributed by atoms with Gasteiger partial charge < -0.3 is 14.6 Å². The van der Waals surface area contributed by atoms with Crippen LogP contribution in [0.3, 0.4) is 0 Å². The SMILES string of the molecule is COc1cc(C2CC(=O)N(c3ccc(F)cc3)C3=C2C(=O)CCC3)cc(OC)c1O. The van der Waals surface area contributed by atoms with Crippen LogP contribution in [0.4, 0.5) is 10.1 Å². The van der Waals surface area contributed by atoms with Crippen LogP contribution in [0.25, 0.3) is 0 Å². The quantitative estimate of drug-likeness (QED) is 0.821. The molecule has 1 aliphatic heterocycles. The first kappa shape index (κ1) is 19.9. The van der Waals surface area contributed by atoms with Gasteiger partial charge in [0.05, 0.1) is 14.2 Å². The van der Waals surface area contributed by atoms with E-state index in [1.54, 1.807) is 24.3 Å². The third-order valence-corrected chi connectivity index (χ3v) is 5.66. The van der Waals surface area contributed by atoms with Crippen molar-refractivity contribution in [3.05, 3.63) is 59.0 Å². The summed E-state index contributed by atoms with van der Waals surface area (Å²) >= 11 is 0. The third-order valence-electron chi connectivity index (χ3n) is 5.66. The molecule has 0 saturated carbocycles. The molecule has 2 aliphatic rings. The number of phenolic OH excluding ortho intramolecular Hbond substituents is 1. The molecule has 0 radical (unpaired) electrons. The maximum atomic E-state index is 13.4. The first-order valence-corrected chi connectivity index (χ1v) is 9.74. The van der Waals surface area contributed by atoms with E-state index >= 15 is 0 Å². The van der Waals surface area contributed by atoms with Gasteiger partial charge in [-0.1, -0.05) is 0 Å². The summed E-state index contributed by atoms with van der Waals surface area (Å²) in [5, 5.41) is 10.2. The Kier molecular flexibility index (Phi) is 5.20. The number of rotatable bonds is 4. The fraction of sp³-hybridized carbons (Fsp3) is 0.304. The van der Waals surface area contributed by atoms with Gasteiger partial charge in [0.2, 0.25) is 11.7 Å². The molecule has 1 amide bonds. The summed E-state index contributed by atoms with van der Waals surface area (Å²) < 4.78 is 23.9. The molecule has 7 heteroatoms. The minimum absolute atomic E-state index is 0.00753. The number of hydrogen-bond donors (Lipinski definition) is 1. The fourth-order valence-corrected chi connectivity index (χ4v) is 4.28. The highest BCUT2D eigenvalue weighted by atomic mass is 19.1. The van der Waals surface area contributed by atoms with Crippen molar-refractivity contribution >= 4 is 17.4 Å². The number of hydrogen-bond acceptors (Lipinski definition) is 5. The van der Waals surface area contributed by atoms with Crippen molar-refractivity contribution < 1.29 is 28.6 Å². The number of Topliss-reactive ketones (excluding diaryl/α,β-unsaturated/α-hetero) is 1. The second kappa shape index (κ2) is 7.82. The Hall–Kier alpha value is -3.35. The molecule has 1 aliphatic carbocycles. The molecule has 0 spiro atoms. The average Bonchev–Trinajstić information content (AvgIpc) is 2.74. The summed E-state index contributed by atoms with van der Waals surface area (Å²) in [5.41, 5.74) is 2.45. The summed E-state index contributed by atoms with van der Waals surface area (Å²) in [6, 6.07) is 8.96. The van der Waals surface area contributed by atoms with Gasteiger partial charge in [-0.2, -0.15) is 0 Å². The number of methoxy groups -OCH3 is 2. The first-order valence-electron chi connectivity index (χ1n) is 9.74. The number of aromatic hydroxyl groups is 1. The van der Waals surface area contributed by atoms with E-state index in [9.17, 15) is 19.1 Å². The Morgan fingerprint density at radius 1 is 1.03 bits per heavy atom. The molecule has 4 rings (SSSR count). The van der Waals surface area contributed by atoms with E-state index in [1.807, 2.05) is 0 Å². The van der Waals surface area contributed by atoms with Gasteiger partial charge in [-0.15, -0.1) is 0 Å². The van der Waals surface area contributed by atoms with Crippen molar-refractivity contribution in [2.75, 3.05) is 19.1 Å². The Balaban J connectivity index is 1.87. The Labute approximate surface area is 173 Å². The van der Waals surface area contributed by atoms with Crippen LogP contribution in [-0.4, -0.2) is 31.0 Å². The molecular weight excluding hydrogens is 389 g/mol. The molecule has 0 aromatic heterocycles. The van der Waals surface area contributed by atoms with Crippen LogP contribution in [0.2, 0.25) is 0 Å². The van der Waals surface area contributed by atoms with Crippen LogP contribution in [0.5, 0.6) is 17.2 Å². The van der Waals surface area contributed by atoms with Gasteiger partial charge >= 0.3 is 0 Å². The molecule has 0 bridgehead atoms. The monoisotopic (exact) mass is 411 g/mol. The zero-order valence-corrected chi connectivity index (χ0v) is 16.8. The van der Waals surface area contributed by atoms with Crippen LogP contribution in [0, 0.1) is 5.82 Å². The van der Waals surface area contributed by atoms with Gasteiger partial charge in [0, 0.05) is 35.7 Å². The summed E-state index contributed by atoms with van der Waals surface area (Å²) in [7, 11) is 2.86. The molecular formula is C23H22FNO5. The molecule has 30 heavy (non-hydrogen) atoms. The summed E-state index contributed by atoms with van der Waals surface area (Å²) in [4.78, 5) is 27.7. The van der Waals surface area contributed by atoms with Gasteiger partial charge in [0.1, 0.15) is 5.82 Å². The van der Waals surface area contributed by atoms with Gasteiger partial charge in [0.25, 0.3) is 0 Å². The molecule has 6 nitrogen and oxygen atoms in total. The highest BCUT2D eigenvalue weighted by Gasteiger charge is 2.40. The van der Waals surface area contributed by atoms with Crippen LogP contribution in [0.15, 0.2) is 47.7 Å². The lowest BCUT2D eigenvalue weighted by atomic mass is 9.77. The number of halogens is 1. The van der Waals surface area contributed by atoms with Gasteiger partial charge in [0.15, 0.2) is 17.3 Å². The number of allylic oxidation sites excluding steroid dienone is 2. The largest absolute Gasteiger partial charge is 0.502 e. The van der Waals surface area contributed by atoms with Crippen LogP contribution in [-0.2, 0) is 9.59 Å². The van der Waals surface area contributed by atoms with E-state index in [0.29, 0.717) is 41.8 Å². The van der Waals surface area contributed by atoms with E-state index in [2.05, 4.69) is 0 Å². The molecule has 1 N–H and O–H groups in total. The third kappa shape index (κ3) is 3.30. The smallest absolute Gasteiger partial charge is 0.232 e. The molecule has 2 aromatic rings. The second-order valence-corrected chi connectivity index (χ2v) is 7.37. The van der Waals surface area contributed by atoms with Gasteiger partial charge in [-0.3, -0.25) is 14.5 Å².